The van der Waals surface area contributed by atoms with Crippen LogP contribution in [0.1, 0.15) is 18.1 Å². The maximum absolute atomic E-state index is 13.6. The first-order chi connectivity index (χ1) is 15.8. The van der Waals surface area contributed by atoms with Gasteiger partial charge in [-0.25, -0.2) is 0 Å². The number of nitriles is 1. The maximum atomic E-state index is 13.6. The van der Waals surface area contributed by atoms with Gasteiger partial charge in [0.1, 0.15) is 0 Å². The predicted molar refractivity (Wildman–Crippen MR) is 132 cm³/mol. The van der Waals surface area contributed by atoms with Crippen molar-refractivity contribution in [2.75, 3.05) is 10.8 Å². The number of hydrogen-bond acceptors (Lipinski definition) is 4. The molecule has 4 nitrogen and oxygen atoms in total. The molecular weight excluding hydrogens is 477 g/mol. The van der Waals surface area contributed by atoms with Crippen molar-refractivity contribution in [2.24, 2.45) is 17.8 Å². The molecule has 2 N–H and O–H groups in total. The molecule has 0 radical (unpaired) electrons. The van der Waals surface area contributed by atoms with E-state index in [1.807, 2.05) is 25.1 Å². The van der Waals surface area contributed by atoms with Crippen molar-refractivity contribution in [1.82, 2.24) is 0 Å². The summed E-state index contributed by atoms with van der Waals surface area (Å²) in [4.78, 5) is 0. The van der Waals surface area contributed by atoms with E-state index in [1.165, 1.54) is 15.6 Å². The van der Waals surface area contributed by atoms with Gasteiger partial charge in [0, 0.05) is 18.4 Å². The fourth-order valence-electron chi connectivity index (χ4n) is 6.76. The first-order valence-electron chi connectivity index (χ1n) is 11.3. The summed E-state index contributed by atoms with van der Waals surface area (Å²) < 4.78 is 64.5. The molecule has 180 valence electrons. The number of allylic oxidation sites excluding steroid dienone is 2. The zero-order chi connectivity index (χ0) is 24.7. The Morgan fingerprint density at radius 1 is 1.12 bits per heavy atom. The normalized spacial score (nSPS) is 32.5. The minimum Gasteiger partial charge on any atom is -0.281 e. The van der Waals surface area contributed by atoms with Gasteiger partial charge < -0.3 is 0 Å². The second kappa shape index (κ2) is 7.37. The highest BCUT2D eigenvalue weighted by molar-refractivity contribution is 8.26. The number of benzene rings is 2. The Balaban J connectivity index is 1.55. The summed E-state index contributed by atoms with van der Waals surface area (Å²) in [6, 6.07) is 15.4. The van der Waals surface area contributed by atoms with Crippen LogP contribution in [0.3, 0.4) is 0 Å². The van der Waals surface area contributed by atoms with Crippen molar-refractivity contribution in [2.45, 2.75) is 36.5 Å². The van der Waals surface area contributed by atoms with Crippen LogP contribution in [0.15, 0.2) is 60.7 Å². The fraction of sp³-hybridized carbons (Fsp3) is 0.400. The van der Waals surface area contributed by atoms with Crippen molar-refractivity contribution in [1.29, 1.82) is 5.26 Å². The van der Waals surface area contributed by atoms with Gasteiger partial charge in [-0.05, 0) is 36.6 Å². The number of fused-ring (bicyclic) bond motifs is 5. The lowest BCUT2D eigenvalue weighted by Gasteiger charge is -2.51. The van der Waals surface area contributed by atoms with E-state index in [1.54, 1.807) is 6.07 Å². The minimum atomic E-state index is -4.71. The number of hydrogen-bond donors (Lipinski definition) is 2. The van der Waals surface area contributed by atoms with Gasteiger partial charge in [0.2, 0.25) is 0 Å². The number of anilines is 1. The summed E-state index contributed by atoms with van der Waals surface area (Å²) in [5, 5.41) is 10.4. The van der Waals surface area contributed by atoms with Crippen LogP contribution >= 0.6 is 10.8 Å². The van der Waals surface area contributed by atoms with Crippen molar-refractivity contribution in [3.05, 3.63) is 71.8 Å². The molecule has 1 saturated heterocycles. The van der Waals surface area contributed by atoms with E-state index in [2.05, 4.69) is 37.4 Å². The molecular formula is C25H27F3N2O2SSi. The Hall–Kier alpha value is -2.25. The lowest BCUT2D eigenvalue weighted by Crippen LogP contribution is -2.50. The number of rotatable bonds is 3. The van der Waals surface area contributed by atoms with E-state index < -0.39 is 40.9 Å². The molecule has 2 aromatic carbocycles. The quantitative estimate of drug-likeness (QED) is 0.384. The van der Waals surface area contributed by atoms with Gasteiger partial charge in [-0.2, -0.15) is 18.4 Å². The molecule has 3 aliphatic rings. The fourth-order valence-corrected chi connectivity index (χ4v) is 13.5. The topological polar surface area (TPSA) is 67.5 Å². The van der Waals surface area contributed by atoms with E-state index in [4.69, 9.17) is 5.26 Å². The Kier molecular flexibility index (Phi) is 5.09. The van der Waals surface area contributed by atoms with E-state index >= 15 is 0 Å². The van der Waals surface area contributed by atoms with Crippen LogP contribution in [-0.2, 0) is 6.18 Å². The molecule has 2 bridgehead atoms. The number of nitrogens with zero attached hydrogens (tertiary/aromatic N) is 2. The third-order valence-corrected chi connectivity index (χ3v) is 15.5. The maximum Gasteiger partial charge on any atom is 0.417 e. The Morgan fingerprint density at radius 3 is 2.38 bits per heavy atom. The molecule has 0 aromatic heterocycles. The number of alkyl halides is 3. The summed E-state index contributed by atoms with van der Waals surface area (Å²) in [6.07, 6.45) is -0.403. The summed E-state index contributed by atoms with van der Waals surface area (Å²) in [6.45, 7) is 6.82. The molecule has 34 heavy (non-hydrogen) atoms. The third-order valence-electron chi connectivity index (χ3n) is 8.53. The van der Waals surface area contributed by atoms with Crippen molar-refractivity contribution >= 4 is 29.7 Å². The molecule has 5 atom stereocenters. The molecule has 9 heteroatoms. The highest BCUT2D eigenvalue weighted by atomic mass is 32.3. The minimum absolute atomic E-state index is 0.0696. The van der Waals surface area contributed by atoms with E-state index in [0.29, 0.717) is 0 Å². The predicted octanol–water partition coefficient (Wildman–Crippen LogP) is 6.24. The van der Waals surface area contributed by atoms with Crippen molar-refractivity contribution in [3.63, 3.8) is 0 Å². The molecule has 1 heterocycles. The molecule has 2 aliphatic carbocycles. The largest absolute Gasteiger partial charge is 0.417 e. The Morgan fingerprint density at radius 2 is 1.79 bits per heavy atom. The van der Waals surface area contributed by atoms with Gasteiger partial charge in [-0.3, -0.25) is 13.4 Å². The third kappa shape index (κ3) is 2.99. The second-order valence-electron chi connectivity index (χ2n) is 10.3. The first kappa shape index (κ1) is 23.5. The van der Waals surface area contributed by atoms with Crippen LogP contribution in [0, 0.1) is 29.1 Å². The van der Waals surface area contributed by atoms with Crippen LogP contribution in [0.4, 0.5) is 18.9 Å². The van der Waals surface area contributed by atoms with Gasteiger partial charge >= 0.3 is 6.18 Å². The molecule has 1 unspecified atom stereocenters. The van der Waals surface area contributed by atoms with E-state index in [9.17, 15) is 22.3 Å². The highest BCUT2D eigenvalue weighted by Crippen LogP contribution is 2.78. The van der Waals surface area contributed by atoms with Crippen LogP contribution in [0.5, 0.6) is 0 Å². The second-order valence-corrected chi connectivity index (χ2v) is 17.4. The standard InChI is InChI=1S/C25H27F3N2O2SSi/c1-24-20-12-11-19(23(20)34(2,3)18-7-5-4-6-8-18)22(24)15-30(33(24,31)32)17-10-9-16(14-29)21(13-17)25(26,27)28/h4-13,19-20,22-23,31-32H,15H2,1-3H3/t19-,20+,22+,23-,24?/m1/s1. The summed E-state index contributed by atoms with van der Waals surface area (Å²) in [5.74, 6) is -0.0219. The van der Waals surface area contributed by atoms with E-state index in [-0.39, 0.29) is 35.5 Å². The van der Waals surface area contributed by atoms with Gasteiger partial charge in [0.05, 0.1) is 35.7 Å². The smallest absolute Gasteiger partial charge is 0.281 e. The van der Waals surface area contributed by atoms with Crippen LogP contribution in [0.25, 0.3) is 0 Å². The molecule has 0 amide bonds. The van der Waals surface area contributed by atoms with E-state index in [0.717, 1.165) is 12.1 Å². The van der Waals surface area contributed by atoms with Crippen LogP contribution in [-0.4, -0.2) is 28.5 Å². The highest BCUT2D eigenvalue weighted by Gasteiger charge is 2.72. The molecule has 1 aliphatic heterocycles. The Bertz CT molecular complexity index is 1210. The van der Waals surface area contributed by atoms with Gasteiger partial charge in [-0.15, -0.1) is 10.8 Å². The van der Waals surface area contributed by atoms with Gasteiger partial charge in [0.25, 0.3) is 0 Å². The molecule has 2 fully saturated rings. The molecule has 5 rings (SSSR count). The average Bonchev–Trinajstić information content (AvgIpc) is 3.40. The Labute approximate surface area is 200 Å². The zero-order valence-electron chi connectivity index (χ0n) is 19.1. The van der Waals surface area contributed by atoms with Crippen molar-refractivity contribution < 1.29 is 22.3 Å². The first-order valence-corrected chi connectivity index (χ1v) is 15.8. The average molecular weight is 505 g/mol. The van der Waals surface area contributed by atoms with Gasteiger partial charge in [0.15, 0.2) is 0 Å². The summed E-state index contributed by atoms with van der Waals surface area (Å²) >= 11 is 0. The SMILES string of the molecule is CC12[C@H]3C=C[C@@H]([C@H]3[Si](C)(C)c3ccccc3)[C@@H]1CN(c1ccc(C#N)c(C(F)(F)F)c1)S2(O)O. The molecule has 0 spiro atoms. The van der Waals surface area contributed by atoms with Crippen LogP contribution in [0.2, 0.25) is 18.6 Å². The summed E-state index contributed by atoms with van der Waals surface area (Å²) in [7, 11) is -5.46. The monoisotopic (exact) mass is 504 g/mol. The zero-order valence-corrected chi connectivity index (χ0v) is 20.9. The lowest BCUT2D eigenvalue weighted by atomic mass is 9.83. The van der Waals surface area contributed by atoms with Crippen molar-refractivity contribution in [3.8, 4) is 6.07 Å². The van der Waals surface area contributed by atoms with Crippen LogP contribution < -0.4 is 9.49 Å². The summed E-state index contributed by atoms with van der Waals surface area (Å²) in [5.41, 5.74) is -1.15. The molecule has 2 aromatic rings. The number of halogens is 3. The lowest BCUT2D eigenvalue weighted by molar-refractivity contribution is -0.137. The van der Waals surface area contributed by atoms with Gasteiger partial charge in [-0.1, -0.05) is 60.8 Å². The molecule has 1 saturated carbocycles.